The number of ether oxygens (including phenoxy) is 1. The zero-order valence-corrected chi connectivity index (χ0v) is 11.8. The van der Waals surface area contributed by atoms with Crippen molar-refractivity contribution in [3.8, 4) is 0 Å². The van der Waals surface area contributed by atoms with Gasteiger partial charge in [0.25, 0.3) is 0 Å². The Morgan fingerprint density at radius 1 is 1.50 bits per heavy atom. The molecule has 0 bridgehead atoms. The Labute approximate surface area is 110 Å². The van der Waals surface area contributed by atoms with Gasteiger partial charge in [0, 0.05) is 18.0 Å². The highest BCUT2D eigenvalue weighted by molar-refractivity contribution is 9.11. The summed E-state index contributed by atoms with van der Waals surface area (Å²) in [5.41, 5.74) is 0. The molecule has 1 aromatic rings. The molecule has 1 unspecified atom stereocenters. The maximum Gasteiger partial charge on any atom is 0.0701 e. The largest absolute Gasteiger partial charge is 0.381 e. The normalized spacial score (nSPS) is 21.2. The van der Waals surface area contributed by atoms with E-state index in [1.165, 1.54) is 21.5 Å². The van der Waals surface area contributed by atoms with Crippen molar-refractivity contribution >= 4 is 27.3 Å². The van der Waals surface area contributed by atoms with Crippen LogP contribution in [0.3, 0.4) is 0 Å². The summed E-state index contributed by atoms with van der Waals surface area (Å²) in [7, 11) is 0. The third-order valence-electron chi connectivity index (χ3n) is 2.86. The van der Waals surface area contributed by atoms with Crippen molar-refractivity contribution in [3.63, 3.8) is 0 Å². The van der Waals surface area contributed by atoms with Crippen LogP contribution in [0.25, 0.3) is 0 Å². The molecule has 16 heavy (non-hydrogen) atoms. The van der Waals surface area contributed by atoms with Gasteiger partial charge in [0.05, 0.1) is 10.4 Å². The summed E-state index contributed by atoms with van der Waals surface area (Å²) >= 11 is 5.31. The topological polar surface area (TPSA) is 21.3 Å². The van der Waals surface area contributed by atoms with E-state index in [1.54, 1.807) is 0 Å². The number of rotatable bonds is 5. The molecule has 0 spiro atoms. The van der Waals surface area contributed by atoms with Crippen LogP contribution in [0, 0.1) is 5.92 Å². The summed E-state index contributed by atoms with van der Waals surface area (Å²) in [5.74, 6) is 0.726. The van der Waals surface area contributed by atoms with Gasteiger partial charge in [0.2, 0.25) is 0 Å². The van der Waals surface area contributed by atoms with Crippen molar-refractivity contribution in [2.24, 2.45) is 5.92 Å². The first-order valence-electron chi connectivity index (χ1n) is 5.87. The minimum absolute atomic E-state index is 0.726. The first kappa shape index (κ1) is 12.6. The lowest BCUT2D eigenvalue weighted by Gasteiger charge is -2.22. The highest BCUT2D eigenvalue weighted by Crippen LogP contribution is 2.22. The molecule has 2 rings (SSSR count). The van der Waals surface area contributed by atoms with Gasteiger partial charge in [0.1, 0.15) is 0 Å². The van der Waals surface area contributed by atoms with Crippen molar-refractivity contribution in [3.05, 3.63) is 20.8 Å². The predicted molar refractivity (Wildman–Crippen MR) is 72.1 cm³/mol. The van der Waals surface area contributed by atoms with Crippen LogP contribution < -0.4 is 5.32 Å². The number of thiophene rings is 1. The van der Waals surface area contributed by atoms with Crippen molar-refractivity contribution in [2.45, 2.75) is 19.3 Å². The Balaban J connectivity index is 1.57. The Bertz CT molecular complexity index is 310. The molecule has 0 amide bonds. The van der Waals surface area contributed by atoms with Crippen LogP contribution in [-0.2, 0) is 11.2 Å². The van der Waals surface area contributed by atoms with Crippen molar-refractivity contribution in [2.75, 3.05) is 26.3 Å². The van der Waals surface area contributed by atoms with Gasteiger partial charge in [-0.05, 0) is 59.8 Å². The summed E-state index contributed by atoms with van der Waals surface area (Å²) in [6.45, 7) is 4.08. The monoisotopic (exact) mass is 303 g/mol. The molecule has 1 aliphatic heterocycles. The minimum atomic E-state index is 0.726. The quantitative estimate of drug-likeness (QED) is 0.844. The van der Waals surface area contributed by atoms with E-state index >= 15 is 0 Å². The van der Waals surface area contributed by atoms with E-state index in [-0.39, 0.29) is 0 Å². The van der Waals surface area contributed by atoms with E-state index in [2.05, 4.69) is 33.4 Å². The number of hydrogen-bond donors (Lipinski definition) is 1. The van der Waals surface area contributed by atoms with E-state index in [4.69, 9.17) is 4.74 Å². The third-order valence-corrected chi connectivity index (χ3v) is 4.55. The van der Waals surface area contributed by atoms with Gasteiger partial charge >= 0.3 is 0 Å². The standard InChI is InChI=1S/C12H18BrNOS/c13-12-4-3-11(16-12)5-6-14-8-10-2-1-7-15-9-10/h3-4,10,14H,1-2,5-9H2. The molecule has 2 nitrogen and oxygen atoms in total. The van der Waals surface area contributed by atoms with Crippen LogP contribution >= 0.6 is 27.3 Å². The van der Waals surface area contributed by atoms with Gasteiger partial charge in [-0.15, -0.1) is 11.3 Å². The Kier molecular flexibility index (Phi) is 5.29. The summed E-state index contributed by atoms with van der Waals surface area (Å²) in [6.07, 6.45) is 3.67. The molecule has 1 aromatic heterocycles. The van der Waals surface area contributed by atoms with E-state index < -0.39 is 0 Å². The maximum atomic E-state index is 5.46. The lowest BCUT2D eigenvalue weighted by molar-refractivity contribution is 0.0550. The van der Waals surface area contributed by atoms with Gasteiger partial charge < -0.3 is 10.1 Å². The molecule has 1 fully saturated rings. The summed E-state index contributed by atoms with van der Waals surface area (Å²) in [6, 6.07) is 4.31. The summed E-state index contributed by atoms with van der Waals surface area (Å²) in [4.78, 5) is 1.44. The molecule has 0 aliphatic carbocycles. The molecule has 1 saturated heterocycles. The van der Waals surface area contributed by atoms with E-state index in [0.717, 1.165) is 38.6 Å². The summed E-state index contributed by atoms with van der Waals surface area (Å²) < 4.78 is 6.68. The van der Waals surface area contributed by atoms with Gasteiger partial charge in [-0.1, -0.05) is 0 Å². The fourth-order valence-corrected chi connectivity index (χ4v) is 3.45. The molecular weight excluding hydrogens is 286 g/mol. The van der Waals surface area contributed by atoms with E-state index in [1.807, 2.05) is 11.3 Å². The van der Waals surface area contributed by atoms with Gasteiger partial charge in [-0.3, -0.25) is 0 Å². The van der Waals surface area contributed by atoms with Crippen LogP contribution in [0.5, 0.6) is 0 Å². The number of hydrogen-bond acceptors (Lipinski definition) is 3. The zero-order chi connectivity index (χ0) is 11.2. The van der Waals surface area contributed by atoms with Crippen molar-refractivity contribution < 1.29 is 4.74 Å². The van der Waals surface area contributed by atoms with Gasteiger partial charge in [0.15, 0.2) is 0 Å². The molecule has 0 radical (unpaired) electrons. The fourth-order valence-electron chi connectivity index (χ4n) is 1.97. The molecule has 2 heterocycles. The fraction of sp³-hybridized carbons (Fsp3) is 0.667. The second-order valence-electron chi connectivity index (χ2n) is 4.24. The average Bonchev–Trinajstić information content (AvgIpc) is 2.72. The van der Waals surface area contributed by atoms with Crippen molar-refractivity contribution in [1.29, 1.82) is 0 Å². The second-order valence-corrected chi connectivity index (χ2v) is 6.79. The lowest BCUT2D eigenvalue weighted by Crippen LogP contribution is -2.30. The summed E-state index contributed by atoms with van der Waals surface area (Å²) in [5, 5.41) is 3.52. The van der Waals surface area contributed by atoms with Crippen LogP contribution in [0.4, 0.5) is 0 Å². The number of nitrogens with one attached hydrogen (secondary N) is 1. The van der Waals surface area contributed by atoms with Gasteiger partial charge in [-0.25, -0.2) is 0 Å². The molecule has 4 heteroatoms. The Morgan fingerprint density at radius 2 is 2.44 bits per heavy atom. The molecule has 1 aliphatic rings. The van der Waals surface area contributed by atoms with E-state index in [9.17, 15) is 0 Å². The Hall–Kier alpha value is 0.1000. The maximum absolute atomic E-state index is 5.46. The second kappa shape index (κ2) is 6.74. The van der Waals surface area contributed by atoms with Crippen molar-refractivity contribution in [1.82, 2.24) is 5.32 Å². The SMILES string of the molecule is Brc1ccc(CCNCC2CCCOC2)s1. The van der Waals surface area contributed by atoms with Crippen LogP contribution in [0.15, 0.2) is 15.9 Å². The first-order chi connectivity index (χ1) is 7.84. The van der Waals surface area contributed by atoms with E-state index in [0.29, 0.717) is 0 Å². The van der Waals surface area contributed by atoms with Crippen LogP contribution in [0.2, 0.25) is 0 Å². The molecular formula is C12H18BrNOS. The molecule has 1 atom stereocenters. The molecule has 1 N–H and O–H groups in total. The highest BCUT2D eigenvalue weighted by atomic mass is 79.9. The molecule has 0 saturated carbocycles. The predicted octanol–water partition coefficient (Wildman–Crippen LogP) is 3.07. The number of halogens is 1. The minimum Gasteiger partial charge on any atom is -0.381 e. The molecule has 0 aromatic carbocycles. The zero-order valence-electron chi connectivity index (χ0n) is 9.38. The lowest BCUT2D eigenvalue weighted by atomic mass is 10.0. The third kappa shape index (κ3) is 4.17. The smallest absolute Gasteiger partial charge is 0.0701 e. The first-order valence-corrected chi connectivity index (χ1v) is 7.48. The molecule has 90 valence electrons. The van der Waals surface area contributed by atoms with Gasteiger partial charge in [-0.2, -0.15) is 0 Å². The van der Waals surface area contributed by atoms with Crippen LogP contribution in [-0.4, -0.2) is 26.3 Å². The average molecular weight is 304 g/mol. The Morgan fingerprint density at radius 3 is 3.12 bits per heavy atom. The van der Waals surface area contributed by atoms with Crippen LogP contribution in [0.1, 0.15) is 17.7 Å². The highest BCUT2D eigenvalue weighted by Gasteiger charge is 2.12.